The number of halogens is 1. The van der Waals surface area contributed by atoms with Gasteiger partial charge in [0.25, 0.3) is 0 Å². The Labute approximate surface area is 112 Å². The molecule has 18 heavy (non-hydrogen) atoms. The van der Waals surface area contributed by atoms with Crippen LogP contribution in [0.5, 0.6) is 0 Å². The minimum Gasteiger partial charge on any atom is -0.435 e. The Kier molecular flexibility index (Phi) is 2.81. The number of nitrogens with two attached hydrogens (primary N) is 1. The third kappa shape index (κ3) is 1.90. The molecule has 0 bridgehead atoms. The summed E-state index contributed by atoms with van der Waals surface area (Å²) in [4.78, 5) is 9.72. The van der Waals surface area contributed by atoms with E-state index in [2.05, 4.69) is 9.97 Å². The largest absolute Gasteiger partial charge is 0.435 e. The van der Waals surface area contributed by atoms with Gasteiger partial charge in [0, 0.05) is 17.6 Å². The van der Waals surface area contributed by atoms with Crippen molar-refractivity contribution in [3.8, 4) is 10.8 Å². The molecule has 0 atom stereocenters. The zero-order valence-electron chi connectivity index (χ0n) is 9.61. The van der Waals surface area contributed by atoms with Gasteiger partial charge in [-0.05, 0) is 19.1 Å². The molecule has 0 saturated heterocycles. The Bertz CT molecular complexity index is 719. The van der Waals surface area contributed by atoms with Gasteiger partial charge in [0.15, 0.2) is 5.58 Å². The summed E-state index contributed by atoms with van der Waals surface area (Å²) in [6.45, 7) is 2.35. The van der Waals surface area contributed by atoms with Gasteiger partial charge in [-0.1, -0.05) is 11.6 Å². The molecule has 92 valence electrons. The molecule has 2 heterocycles. The molecule has 0 fully saturated rings. The molecule has 6 heteroatoms. The van der Waals surface area contributed by atoms with E-state index in [1.54, 1.807) is 12.1 Å². The van der Waals surface area contributed by atoms with Crippen molar-refractivity contribution in [3.05, 3.63) is 33.9 Å². The smallest absolute Gasteiger partial charge is 0.239 e. The molecule has 1 aromatic carbocycles. The lowest BCUT2D eigenvalue weighted by Gasteiger charge is -1.88. The van der Waals surface area contributed by atoms with Gasteiger partial charge in [-0.3, -0.25) is 0 Å². The number of benzene rings is 1. The minimum atomic E-state index is 0.428. The van der Waals surface area contributed by atoms with E-state index in [4.69, 9.17) is 21.8 Å². The van der Waals surface area contributed by atoms with Crippen molar-refractivity contribution in [2.75, 3.05) is 0 Å². The maximum Gasteiger partial charge on any atom is 0.239 e. The average Bonchev–Trinajstić information content (AvgIpc) is 2.91. The fourth-order valence-electron chi connectivity index (χ4n) is 1.73. The van der Waals surface area contributed by atoms with Gasteiger partial charge in [0.1, 0.15) is 15.4 Å². The van der Waals surface area contributed by atoms with Crippen LogP contribution in [0.3, 0.4) is 0 Å². The van der Waals surface area contributed by atoms with Crippen LogP contribution in [-0.4, -0.2) is 9.97 Å². The zero-order chi connectivity index (χ0) is 12.7. The van der Waals surface area contributed by atoms with Crippen molar-refractivity contribution in [1.29, 1.82) is 0 Å². The molecule has 2 aromatic heterocycles. The van der Waals surface area contributed by atoms with Gasteiger partial charge < -0.3 is 10.2 Å². The van der Waals surface area contributed by atoms with Crippen molar-refractivity contribution < 1.29 is 4.42 Å². The summed E-state index contributed by atoms with van der Waals surface area (Å²) < 4.78 is 5.71. The van der Waals surface area contributed by atoms with E-state index >= 15 is 0 Å². The Morgan fingerprint density at radius 2 is 2.22 bits per heavy atom. The highest BCUT2D eigenvalue weighted by atomic mass is 35.5. The maximum atomic E-state index is 5.92. The first-order valence-corrected chi connectivity index (χ1v) is 6.59. The molecule has 3 aromatic rings. The van der Waals surface area contributed by atoms with Crippen molar-refractivity contribution in [1.82, 2.24) is 9.97 Å². The van der Waals surface area contributed by atoms with Gasteiger partial charge in [0.2, 0.25) is 5.89 Å². The van der Waals surface area contributed by atoms with E-state index in [1.165, 1.54) is 11.3 Å². The lowest BCUT2D eigenvalue weighted by Crippen LogP contribution is -1.94. The number of aromatic nitrogens is 2. The Morgan fingerprint density at radius 3 is 2.94 bits per heavy atom. The molecule has 4 nitrogen and oxygen atoms in total. The Morgan fingerprint density at radius 1 is 1.39 bits per heavy atom. The van der Waals surface area contributed by atoms with Gasteiger partial charge in [-0.2, -0.15) is 0 Å². The van der Waals surface area contributed by atoms with Crippen molar-refractivity contribution in [2.24, 2.45) is 5.73 Å². The van der Waals surface area contributed by atoms with E-state index in [9.17, 15) is 0 Å². The monoisotopic (exact) mass is 279 g/mol. The number of hydrogen-bond donors (Lipinski definition) is 1. The third-order valence-electron chi connectivity index (χ3n) is 2.56. The van der Waals surface area contributed by atoms with Gasteiger partial charge in [0.05, 0.1) is 5.69 Å². The molecule has 3 rings (SSSR count). The highest BCUT2D eigenvalue weighted by Crippen LogP contribution is 2.32. The van der Waals surface area contributed by atoms with E-state index < -0.39 is 0 Å². The van der Waals surface area contributed by atoms with Crippen molar-refractivity contribution >= 4 is 34.0 Å². The summed E-state index contributed by atoms with van der Waals surface area (Å²) >= 11 is 7.42. The van der Waals surface area contributed by atoms with Crippen LogP contribution in [0.4, 0.5) is 0 Å². The molecule has 0 aliphatic rings. The average molecular weight is 280 g/mol. The van der Waals surface area contributed by atoms with E-state index in [1.807, 2.05) is 13.0 Å². The third-order valence-corrected chi connectivity index (χ3v) is 3.96. The first-order chi connectivity index (χ1) is 8.67. The van der Waals surface area contributed by atoms with Crippen LogP contribution in [0.1, 0.15) is 10.7 Å². The van der Waals surface area contributed by atoms with Crippen LogP contribution < -0.4 is 5.73 Å². The van der Waals surface area contributed by atoms with Gasteiger partial charge >= 0.3 is 0 Å². The molecule has 0 aliphatic carbocycles. The van der Waals surface area contributed by atoms with E-state index in [0.29, 0.717) is 23.0 Å². The molecular formula is C12H10ClN3OS. The molecule has 0 unspecified atom stereocenters. The molecule has 0 amide bonds. The first kappa shape index (κ1) is 11.6. The summed E-state index contributed by atoms with van der Waals surface area (Å²) in [5.41, 5.74) is 7.94. The fourth-order valence-corrected chi connectivity index (χ4v) is 2.77. The summed E-state index contributed by atoms with van der Waals surface area (Å²) in [5, 5.41) is 1.51. The first-order valence-electron chi connectivity index (χ1n) is 5.40. The highest BCUT2D eigenvalue weighted by Gasteiger charge is 2.15. The maximum absolute atomic E-state index is 5.92. The van der Waals surface area contributed by atoms with Crippen molar-refractivity contribution in [2.45, 2.75) is 13.5 Å². The lowest BCUT2D eigenvalue weighted by molar-refractivity contribution is 0.621. The van der Waals surface area contributed by atoms with Crippen molar-refractivity contribution in [3.63, 3.8) is 0 Å². The molecule has 2 N–H and O–H groups in total. The van der Waals surface area contributed by atoms with Crippen LogP contribution in [0.2, 0.25) is 5.02 Å². The number of fused-ring (bicyclic) bond motifs is 1. The van der Waals surface area contributed by atoms with Crippen LogP contribution in [0.15, 0.2) is 22.6 Å². The zero-order valence-corrected chi connectivity index (χ0v) is 11.2. The van der Waals surface area contributed by atoms with Crippen LogP contribution in [-0.2, 0) is 6.54 Å². The normalized spacial score (nSPS) is 11.3. The molecule has 0 radical (unpaired) electrons. The molecule has 0 aliphatic heterocycles. The number of nitrogens with zero attached hydrogens (tertiary/aromatic N) is 2. The van der Waals surface area contributed by atoms with Crippen LogP contribution in [0, 0.1) is 6.92 Å². The lowest BCUT2D eigenvalue weighted by atomic mass is 10.3. The summed E-state index contributed by atoms with van der Waals surface area (Å²) in [6, 6.07) is 5.39. The van der Waals surface area contributed by atoms with Crippen LogP contribution >= 0.6 is 22.9 Å². The Balaban J connectivity index is 2.15. The number of thiazole rings is 1. The second kappa shape index (κ2) is 4.35. The van der Waals surface area contributed by atoms with E-state index in [0.717, 1.165) is 21.1 Å². The molecule has 0 spiro atoms. The van der Waals surface area contributed by atoms with Crippen LogP contribution in [0.25, 0.3) is 21.9 Å². The second-order valence-corrected chi connectivity index (χ2v) is 5.38. The molecule has 0 saturated carbocycles. The number of aryl methyl sites for hydroxylation is 1. The number of rotatable bonds is 2. The Hall–Kier alpha value is -1.43. The van der Waals surface area contributed by atoms with Gasteiger partial charge in [-0.15, -0.1) is 11.3 Å². The quantitative estimate of drug-likeness (QED) is 0.781. The summed E-state index contributed by atoms with van der Waals surface area (Å²) in [5.74, 6) is 0.571. The second-order valence-electron chi connectivity index (χ2n) is 3.86. The number of oxazole rings is 1. The fraction of sp³-hybridized carbons (Fsp3) is 0.167. The SMILES string of the molecule is Cc1nc(CN)sc1-c1nc2ccc(Cl)cc2o1. The standard InChI is InChI=1S/C12H10ClN3OS/c1-6-11(18-10(5-14)15-6)12-16-8-3-2-7(13)4-9(8)17-12/h2-4H,5,14H2,1H3. The highest BCUT2D eigenvalue weighted by molar-refractivity contribution is 7.15. The summed E-state index contributed by atoms with van der Waals surface area (Å²) in [7, 11) is 0. The van der Waals surface area contributed by atoms with E-state index in [-0.39, 0.29) is 0 Å². The molecular weight excluding hydrogens is 270 g/mol. The van der Waals surface area contributed by atoms with Gasteiger partial charge in [-0.25, -0.2) is 9.97 Å². The summed E-state index contributed by atoms with van der Waals surface area (Å²) in [6.07, 6.45) is 0. The topological polar surface area (TPSA) is 64.9 Å². The predicted octanol–water partition coefficient (Wildman–Crippen LogP) is 3.37. The number of hydrogen-bond acceptors (Lipinski definition) is 5. The predicted molar refractivity (Wildman–Crippen MR) is 72.8 cm³/mol. The minimum absolute atomic E-state index is 0.428.